The van der Waals surface area contributed by atoms with Crippen molar-refractivity contribution >= 4 is 0 Å². The molecule has 1 N–H and O–H groups in total. The van der Waals surface area contributed by atoms with Gasteiger partial charge in [-0.1, -0.05) is 42.5 Å². The van der Waals surface area contributed by atoms with Gasteiger partial charge in [0.25, 0.3) is 0 Å². The zero-order chi connectivity index (χ0) is 20.1. The second kappa shape index (κ2) is 6.49. The lowest BCUT2D eigenvalue weighted by molar-refractivity contribution is -0.107. The average Bonchev–Trinajstić information content (AvgIpc) is 3.21. The van der Waals surface area contributed by atoms with Crippen molar-refractivity contribution in [3.05, 3.63) is 83.7 Å². The van der Waals surface area contributed by atoms with Gasteiger partial charge in [-0.2, -0.15) is 0 Å². The summed E-state index contributed by atoms with van der Waals surface area (Å²) in [7, 11) is 3.24. The Bertz CT molecular complexity index is 1040. The van der Waals surface area contributed by atoms with Gasteiger partial charge in [-0.15, -0.1) is 0 Å². The minimum atomic E-state index is -1.23. The third-order valence-electron chi connectivity index (χ3n) is 6.35. The Morgan fingerprint density at radius 1 is 1.00 bits per heavy atom. The summed E-state index contributed by atoms with van der Waals surface area (Å²) < 4.78 is 17.3. The second-order valence-corrected chi connectivity index (χ2v) is 7.65. The third kappa shape index (κ3) is 2.40. The molecule has 0 spiro atoms. The lowest BCUT2D eigenvalue weighted by Crippen LogP contribution is -2.48. The number of aromatic nitrogens is 1. The van der Waals surface area contributed by atoms with Crippen molar-refractivity contribution in [1.29, 1.82) is 0 Å². The monoisotopic (exact) mass is 389 g/mol. The first-order valence-electron chi connectivity index (χ1n) is 9.78. The highest BCUT2D eigenvalue weighted by molar-refractivity contribution is 5.52. The van der Waals surface area contributed by atoms with Gasteiger partial charge in [-0.25, -0.2) is 0 Å². The van der Waals surface area contributed by atoms with Crippen LogP contribution >= 0.6 is 0 Å². The molecule has 1 aromatic heterocycles. The summed E-state index contributed by atoms with van der Waals surface area (Å²) in [5.41, 5.74) is 0.419. The first kappa shape index (κ1) is 18.0. The fourth-order valence-corrected chi connectivity index (χ4v) is 5.00. The molecule has 5 heteroatoms. The second-order valence-electron chi connectivity index (χ2n) is 7.65. The Balaban J connectivity index is 1.73. The molecule has 5 rings (SSSR count). The van der Waals surface area contributed by atoms with Crippen LogP contribution in [0.2, 0.25) is 0 Å². The molecule has 0 saturated heterocycles. The molecule has 1 saturated carbocycles. The number of pyridine rings is 1. The number of aliphatic hydroxyl groups is 1. The van der Waals surface area contributed by atoms with E-state index >= 15 is 0 Å². The standard InChI is InChI=1S/C24H23NO4/c1-27-18-10-8-17(9-11-18)24-20(16-6-4-3-5-7-16)12-13-23(24,26)22-21(29-24)14-19(28-2)15-25-22/h3-11,14-15,20,26H,12-13H2,1-2H3. The number of nitrogens with zero attached hydrogens (tertiary/aromatic N) is 1. The van der Waals surface area contributed by atoms with Crippen LogP contribution in [-0.2, 0) is 11.2 Å². The van der Waals surface area contributed by atoms with E-state index in [9.17, 15) is 5.11 Å². The van der Waals surface area contributed by atoms with Crippen LogP contribution in [0.1, 0.15) is 35.6 Å². The molecule has 148 valence electrons. The van der Waals surface area contributed by atoms with Gasteiger partial charge in [-0.05, 0) is 36.1 Å². The summed E-state index contributed by atoms with van der Waals surface area (Å²) in [6, 6.07) is 19.8. The van der Waals surface area contributed by atoms with Crippen LogP contribution in [0.25, 0.3) is 0 Å². The van der Waals surface area contributed by atoms with Gasteiger partial charge in [0.05, 0.1) is 20.4 Å². The number of benzene rings is 2. The van der Waals surface area contributed by atoms with Crippen molar-refractivity contribution in [2.24, 2.45) is 0 Å². The van der Waals surface area contributed by atoms with Crippen LogP contribution < -0.4 is 14.2 Å². The molecule has 5 nitrogen and oxygen atoms in total. The molecule has 29 heavy (non-hydrogen) atoms. The molecule has 1 aliphatic heterocycles. The molecule has 1 fully saturated rings. The van der Waals surface area contributed by atoms with Crippen LogP contribution in [0.5, 0.6) is 17.2 Å². The summed E-state index contributed by atoms with van der Waals surface area (Å²) in [4.78, 5) is 4.55. The summed E-state index contributed by atoms with van der Waals surface area (Å²) in [6.07, 6.45) is 2.99. The van der Waals surface area contributed by atoms with Crippen molar-refractivity contribution < 1.29 is 19.3 Å². The highest BCUT2D eigenvalue weighted by atomic mass is 16.5. The molecule has 1 aliphatic carbocycles. The number of rotatable bonds is 4. The molecule has 3 unspecified atom stereocenters. The van der Waals surface area contributed by atoms with E-state index < -0.39 is 11.2 Å². The van der Waals surface area contributed by atoms with Gasteiger partial charge in [0.1, 0.15) is 22.9 Å². The number of fused-ring (bicyclic) bond motifs is 3. The average molecular weight is 389 g/mol. The van der Waals surface area contributed by atoms with E-state index in [1.54, 1.807) is 20.4 Å². The Kier molecular flexibility index (Phi) is 4.03. The SMILES string of the molecule is COc1ccc(C23Oc4cc(OC)cnc4C2(O)CCC3c2ccccc2)cc1. The van der Waals surface area contributed by atoms with Gasteiger partial charge >= 0.3 is 0 Å². The molecular weight excluding hydrogens is 366 g/mol. The Labute approximate surface area is 169 Å². The largest absolute Gasteiger partial charge is 0.497 e. The van der Waals surface area contributed by atoms with Crippen LogP contribution in [-0.4, -0.2) is 24.3 Å². The van der Waals surface area contributed by atoms with Crippen LogP contribution in [0, 0.1) is 0 Å². The fraction of sp³-hybridized carbons (Fsp3) is 0.292. The van der Waals surface area contributed by atoms with Crippen molar-refractivity contribution in [2.45, 2.75) is 30.0 Å². The van der Waals surface area contributed by atoms with Crippen molar-refractivity contribution in [3.8, 4) is 17.2 Å². The van der Waals surface area contributed by atoms with Crippen molar-refractivity contribution in [2.75, 3.05) is 14.2 Å². The molecule has 0 amide bonds. The van der Waals surface area contributed by atoms with Gasteiger partial charge in [0, 0.05) is 12.0 Å². The topological polar surface area (TPSA) is 60.8 Å². The number of ether oxygens (including phenoxy) is 3. The third-order valence-corrected chi connectivity index (χ3v) is 6.35. The van der Waals surface area contributed by atoms with E-state index in [1.807, 2.05) is 48.5 Å². The molecular formula is C24H23NO4. The molecule has 2 aromatic carbocycles. The van der Waals surface area contributed by atoms with E-state index in [0.717, 1.165) is 23.3 Å². The highest BCUT2D eigenvalue weighted by Gasteiger charge is 2.69. The fourth-order valence-electron chi connectivity index (χ4n) is 5.00. The Morgan fingerprint density at radius 2 is 1.72 bits per heavy atom. The summed E-state index contributed by atoms with van der Waals surface area (Å²) in [6.45, 7) is 0. The number of methoxy groups -OCH3 is 2. The van der Waals surface area contributed by atoms with Crippen LogP contribution in [0.15, 0.2) is 66.9 Å². The zero-order valence-corrected chi connectivity index (χ0v) is 16.5. The zero-order valence-electron chi connectivity index (χ0n) is 16.5. The normalized spacial score (nSPS) is 27.1. The van der Waals surface area contributed by atoms with E-state index in [1.165, 1.54) is 0 Å². The van der Waals surface area contributed by atoms with Crippen molar-refractivity contribution in [3.63, 3.8) is 0 Å². The summed E-state index contributed by atoms with van der Waals surface area (Å²) >= 11 is 0. The first-order valence-corrected chi connectivity index (χ1v) is 9.78. The molecule has 3 aromatic rings. The predicted molar refractivity (Wildman–Crippen MR) is 108 cm³/mol. The maximum Gasteiger partial charge on any atom is 0.175 e. The van der Waals surface area contributed by atoms with Gasteiger partial charge in [0.15, 0.2) is 11.2 Å². The molecule has 2 aliphatic rings. The maximum absolute atomic E-state index is 12.0. The van der Waals surface area contributed by atoms with E-state index in [2.05, 4.69) is 17.1 Å². The maximum atomic E-state index is 12.0. The van der Waals surface area contributed by atoms with Crippen molar-refractivity contribution in [1.82, 2.24) is 4.98 Å². The first-order chi connectivity index (χ1) is 14.1. The van der Waals surface area contributed by atoms with Gasteiger partial charge < -0.3 is 19.3 Å². The minimum Gasteiger partial charge on any atom is -0.497 e. The van der Waals surface area contributed by atoms with Gasteiger partial charge in [-0.3, -0.25) is 4.98 Å². The smallest absolute Gasteiger partial charge is 0.175 e. The Morgan fingerprint density at radius 3 is 2.41 bits per heavy atom. The minimum absolute atomic E-state index is 0.0257. The summed E-state index contributed by atoms with van der Waals surface area (Å²) in [5, 5.41) is 12.0. The number of hydrogen-bond acceptors (Lipinski definition) is 5. The van der Waals surface area contributed by atoms with Crippen LogP contribution in [0.4, 0.5) is 0 Å². The van der Waals surface area contributed by atoms with E-state index in [-0.39, 0.29) is 5.92 Å². The van der Waals surface area contributed by atoms with Gasteiger partial charge in [0.2, 0.25) is 0 Å². The molecule has 3 atom stereocenters. The summed E-state index contributed by atoms with van der Waals surface area (Å²) in [5.74, 6) is 1.91. The Hall–Kier alpha value is -3.05. The number of hydrogen-bond donors (Lipinski definition) is 1. The van der Waals surface area contributed by atoms with Crippen LogP contribution in [0.3, 0.4) is 0 Å². The molecule has 2 heterocycles. The quantitative estimate of drug-likeness (QED) is 0.726. The highest BCUT2D eigenvalue weighted by Crippen LogP contribution is 2.66. The lowest BCUT2D eigenvalue weighted by Gasteiger charge is -2.39. The predicted octanol–water partition coefficient (Wildman–Crippen LogP) is 4.15. The molecule has 0 bridgehead atoms. The van der Waals surface area contributed by atoms with E-state index in [4.69, 9.17) is 14.2 Å². The van der Waals surface area contributed by atoms with E-state index in [0.29, 0.717) is 23.6 Å². The lowest BCUT2D eigenvalue weighted by atomic mass is 9.73. The molecule has 0 radical (unpaired) electrons.